The predicted molar refractivity (Wildman–Crippen MR) is 80.6 cm³/mol. The van der Waals surface area contributed by atoms with Crippen LogP contribution in [0.4, 0.5) is 0 Å². The number of aromatic nitrogens is 3. The smallest absolute Gasteiger partial charge is 0.164 e. The number of carbonyl (C=O) groups is 1. The highest BCUT2D eigenvalue weighted by atomic mass is 16.1. The van der Waals surface area contributed by atoms with Gasteiger partial charge in [0, 0.05) is 36.8 Å². The third-order valence-corrected chi connectivity index (χ3v) is 4.12. The molecule has 4 rings (SSSR count). The van der Waals surface area contributed by atoms with Gasteiger partial charge in [-0.1, -0.05) is 6.07 Å². The molecular weight excluding hydrogens is 262 g/mol. The Hall–Kier alpha value is -2.36. The first-order valence-electron chi connectivity index (χ1n) is 7.44. The summed E-state index contributed by atoms with van der Waals surface area (Å²) in [4.78, 5) is 16.7. The Kier molecular flexibility index (Phi) is 2.88. The Bertz CT molecular complexity index is 779. The molecule has 0 saturated heterocycles. The molecule has 0 unspecified atom stereocenters. The molecule has 0 aromatic carbocycles. The van der Waals surface area contributed by atoms with Gasteiger partial charge in [0.1, 0.15) is 5.65 Å². The second-order valence-corrected chi connectivity index (χ2v) is 5.70. The molecule has 3 aromatic heterocycles. The van der Waals surface area contributed by atoms with Crippen molar-refractivity contribution in [1.82, 2.24) is 14.0 Å². The van der Waals surface area contributed by atoms with Crippen molar-refractivity contribution in [2.24, 2.45) is 0 Å². The molecular formula is C17H17N3O. The highest BCUT2D eigenvalue weighted by Crippen LogP contribution is 2.22. The summed E-state index contributed by atoms with van der Waals surface area (Å²) in [6.07, 6.45) is 12.0. The number of aryl methyl sites for hydroxylation is 1. The lowest BCUT2D eigenvalue weighted by Gasteiger charge is -1.99. The number of pyridine rings is 1. The fourth-order valence-electron chi connectivity index (χ4n) is 3.08. The quantitative estimate of drug-likeness (QED) is 0.676. The van der Waals surface area contributed by atoms with Crippen molar-refractivity contribution in [3.8, 4) is 0 Å². The molecule has 0 N–H and O–H groups in total. The van der Waals surface area contributed by atoms with Gasteiger partial charge in [0.25, 0.3) is 0 Å². The molecule has 106 valence electrons. The van der Waals surface area contributed by atoms with Gasteiger partial charge in [0.15, 0.2) is 5.78 Å². The van der Waals surface area contributed by atoms with Crippen LogP contribution in [0.5, 0.6) is 0 Å². The molecule has 4 nitrogen and oxygen atoms in total. The zero-order valence-electron chi connectivity index (χ0n) is 11.8. The largest absolute Gasteiger partial charge is 0.347 e. The number of ketones is 1. The molecule has 3 aromatic rings. The monoisotopic (exact) mass is 279 g/mol. The molecule has 0 amide bonds. The zero-order valence-corrected chi connectivity index (χ0v) is 11.8. The molecule has 0 spiro atoms. The molecule has 1 aliphatic carbocycles. The first kappa shape index (κ1) is 12.4. The van der Waals surface area contributed by atoms with E-state index >= 15 is 0 Å². The molecule has 1 aliphatic rings. The van der Waals surface area contributed by atoms with Crippen molar-refractivity contribution >= 4 is 11.4 Å². The summed E-state index contributed by atoms with van der Waals surface area (Å²) in [6, 6.07) is 5.98. The van der Waals surface area contributed by atoms with Crippen molar-refractivity contribution in [2.45, 2.75) is 32.2 Å². The fraction of sp³-hybridized carbons (Fsp3) is 0.294. The van der Waals surface area contributed by atoms with Crippen LogP contribution in [-0.4, -0.2) is 19.7 Å². The number of imidazole rings is 1. The number of Topliss-reactive ketones (excluding diaryl/α,β-unsaturated/α-hetero) is 1. The summed E-state index contributed by atoms with van der Waals surface area (Å²) < 4.78 is 4.12. The lowest BCUT2D eigenvalue weighted by Crippen LogP contribution is -1.99. The second kappa shape index (κ2) is 4.88. The lowest BCUT2D eigenvalue weighted by atomic mass is 10.1. The van der Waals surface area contributed by atoms with Gasteiger partial charge in [0.2, 0.25) is 0 Å². The number of nitrogens with zero attached hydrogens (tertiary/aromatic N) is 3. The summed E-state index contributed by atoms with van der Waals surface area (Å²) in [5, 5.41) is 0. The van der Waals surface area contributed by atoms with Gasteiger partial charge < -0.3 is 8.97 Å². The van der Waals surface area contributed by atoms with E-state index in [2.05, 4.69) is 15.7 Å². The van der Waals surface area contributed by atoms with Gasteiger partial charge in [-0.3, -0.25) is 4.79 Å². The molecule has 0 radical (unpaired) electrons. The van der Waals surface area contributed by atoms with Crippen molar-refractivity contribution < 1.29 is 4.79 Å². The molecule has 0 atom stereocenters. The summed E-state index contributed by atoms with van der Waals surface area (Å²) in [5.41, 5.74) is 4.08. The molecule has 21 heavy (non-hydrogen) atoms. The average molecular weight is 279 g/mol. The third kappa shape index (κ3) is 2.27. The van der Waals surface area contributed by atoms with Gasteiger partial charge in [-0.05, 0) is 37.0 Å². The Morgan fingerprint density at radius 2 is 2.00 bits per heavy atom. The van der Waals surface area contributed by atoms with Crippen molar-refractivity contribution in [3.63, 3.8) is 0 Å². The third-order valence-electron chi connectivity index (χ3n) is 4.12. The van der Waals surface area contributed by atoms with E-state index in [0.717, 1.165) is 36.2 Å². The minimum Gasteiger partial charge on any atom is -0.347 e. The van der Waals surface area contributed by atoms with E-state index in [1.54, 1.807) is 0 Å². The Balaban J connectivity index is 1.65. The second-order valence-electron chi connectivity index (χ2n) is 5.70. The standard InChI is InChI=1S/C17H17N3O/c21-16-6-2-1-5-13-9-19(12-15(13)16)10-14-11-20-8-4-3-7-17(20)18-14/h3-4,7-9,11-12H,1-2,5-6,10H2. The van der Waals surface area contributed by atoms with E-state index in [4.69, 9.17) is 0 Å². The first-order valence-corrected chi connectivity index (χ1v) is 7.44. The van der Waals surface area contributed by atoms with E-state index in [1.165, 1.54) is 5.56 Å². The number of hydrogen-bond acceptors (Lipinski definition) is 2. The molecule has 0 aliphatic heterocycles. The Morgan fingerprint density at radius 1 is 1.10 bits per heavy atom. The van der Waals surface area contributed by atoms with Gasteiger partial charge in [-0.2, -0.15) is 0 Å². The maximum Gasteiger partial charge on any atom is 0.164 e. The van der Waals surface area contributed by atoms with Crippen LogP contribution in [0, 0.1) is 0 Å². The molecule has 0 bridgehead atoms. The summed E-state index contributed by atoms with van der Waals surface area (Å²) in [6.45, 7) is 0.710. The Labute approximate surface area is 123 Å². The van der Waals surface area contributed by atoms with Crippen molar-refractivity contribution in [3.05, 3.63) is 59.8 Å². The maximum absolute atomic E-state index is 12.1. The van der Waals surface area contributed by atoms with Gasteiger partial charge >= 0.3 is 0 Å². The summed E-state index contributed by atoms with van der Waals surface area (Å²) in [5.74, 6) is 0.288. The number of carbonyl (C=O) groups excluding carboxylic acids is 1. The van der Waals surface area contributed by atoms with E-state index in [1.807, 2.05) is 41.2 Å². The molecule has 0 saturated carbocycles. The number of fused-ring (bicyclic) bond motifs is 2. The highest BCUT2D eigenvalue weighted by Gasteiger charge is 2.17. The fourth-order valence-corrected chi connectivity index (χ4v) is 3.08. The summed E-state index contributed by atoms with van der Waals surface area (Å²) in [7, 11) is 0. The SMILES string of the molecule is O=C1CCCCc2cn(Cc3cn4ccccc4n3)cc21. The molecule has 0 fully saturated rings. The van der Waals surface area contributed by atoms with E-state index in [-0.39, 0.29) is 5.78 Å². The van der Waals surface area contributed by atoms with Crippen molar-refractivity contribution in [2.75, 3.05) is 0 Å². The van der Waals surface area contributed by atoms with Crippen LogP contribution in [-0.2, 0) is 13.0 Å². The van der Waals surface area contributed by atoms with Gasteiger partial charge in [0.05, 0.1) is 12.2 Å². The zero-order chi connectivity index (χ0) is 14.2. The number of hydrogen-bond donors (Lipinski definition) is 0. The normalized spacial score (nSPS) is 15.1. The topological polar surface area (TPSA) is 39.3 Å². The highest BCUT2D eigenvalue weighted by molar-refractivity contribution is 5.97. The first-order chi connectivity index (χ1) is 10.3. The lowest BCUT2D eigenvalue weighted by molar-refractivity contribution is 0.0982. The van der Waals surface area contributed by atoms with Crippen LogP contribution in [0.15, 0.2) is 43.0 Å². The van der Waals surface area contributed by atoms with Crippen molar-refractivity contribution in [1.29, 1.82) is 0 Å². The number of rotatable bonds is 2. The van der Waals surface area contributed by atoms with Crippen LogP contribution < -0.4 is 0 Å². The van der Waals surface area contributed by atoms with Gasteiger partial charge in [-0.25, -0.2) is 4.98 Å². The molecule has 3 heterocycles. The van der Waals surface area contributed by atoms with Crippen LogP contribution in [0.3, 0.4) is 0 Å². The average Bonchev–Trinajstić information content (AvgIpc) is 3.02. The minimum atomic E-state index is 0.288. The van der Waals surface area contributed by atoms with Crippen LogP contribution in [0.1, 0.15) is 40.9 Å². The van der Waals surface area contributed by atoms with E-state index in [9.17, 15) is 4.79 Å². The van der Waals surface area contributed by atoms with Crippen LogP contribution in [0.2, 0.25) is 0 Å². The maximum atomic E-state index is 12.1. The van der Waals surface area contributed by atoms with Crippen LogP contribution >= 0.6 is 0 Å². The van der Waals surface area contributed by atoms with E-state index < -0.39 is 0 Å². The molecule has 4 heteroatoms. The summed E-state index contributed by atoms with van der Waals surface area (Å²) >= 11 is 0. The minimum absolute atomic E-state index is 0.288. The Morgan fingerprint density at radius 3 is 2.90 bits per heavy atom. The van der Waals surface area contributed by atoms with Gasteiger partial charge in [-0.15, -0.1) is 0 Å². The predicted octanol–water partition coefficient (Wildman–Crippen LogP) is 3.09. The van der Waals surface area contributed by atoms with E-state index in [0.29, 0.717) is 13.0 Å². The van der Waals surface area contributed by atoms with Crippen LogP contribution in [0.25, 0.3) is 5.65 Å².